The number of aliphatic hydroxyl groups excluding tert-OH is 1. The van der Waals surface area contributed by atoms with Gasteiger partial charge in [0.2, 0.25) is 0 Å². The Bertz CT molecular complexity index is 397. The van der Waals surface area contributed by atoms with Gasteiger partial charge in [-0.1, -0.05) is 30.7 Å². The third-order valence-electron chi connectivity index (χ3n) is 2.64. The van der Waals surface area contributed by atoms with Crippen LogP contribution in [0.2, 0.25) is 0 Å². The minimum Gasteiger partial charge on any atom is -0.494 e. The van der Waals surface area contributed by atoms with Crippen molar-refractivity contribution in [3.05, 3.63) is 29.8 Å². The molecule has 2 heteroatoms. The van der Waals surface area contributed by atoms with Crippen LogP contribution in [0.4, 0.5) is 0 Å². The summed E-state index contributed by atoms with van der Waals surface area (Å²) in [5.74, 6) is 7.26. The van der Waals surface area contributed by atoms with Gasteiger partial charge in [-0.05, 0) is 30.5 Å². The molecule has 1 aliphatic carbocycles. The lowest BCUT2D eigenvalue weighted by molar-refractivity contribution is 0.302. The topological polar surface area (TPSA) is 29.5 Å². The van der Waals surface area contributed by atoms with Gasteiger partial charge in [0.15, 0.2) is 0 Å². The second-order valence-electron chi connectivity index (χ2n) is 4.07. The Morgan fingerprint density at radius 1 is 1.38 bits per heavy atom. The molecule has 1 aromatic carbocycles. The van der Waals surface area contributed by atoms with Crippen LogP contribution in [-0.2, 0) is 0 Å². The average molecular weight is 216 g/mol. The molecule has 16 heavy (non-hydrogen) atoms. The fourth-order valence-corrected chi connectivity index (χ4v) is 1.56. The van der Waals surface area contributed by atoms with Crippen LogP contribution in [0.25, 0.3) is 0 Å². The van der Waals surface area contributed by atoms with E-state index in [0.29, 0.717) is 0 Å². The molecule has 0 saturated heterocycles. The largest absolute Gasteiger partial charge is 0.494 e. The zero-order chi connectivity index (χ0) is 11.2. The molecule has 84 valence electrons. The molecule has 1 aliphatic rings. The summed E-state index contributed by atoms with van der Waals surface area (Å²) in [5.41, 5.74) is 0.887. The Hall–Kier alpha value is -1.46. The molecule has 1 aromatic rings. The fraction of sp³-hybridized carbons (Fsp3) is 0.429. The number of ether oxygens (including phenoxy) is 1. The van der Waals surface area contributed by atoms with Gasteiger partial charge in [0.25, 0.3) is 0 Å². The first kappa shape index (κ1) is 11.0. The summed E-state index contributed by atoms with van der Waals surface area (Å²) < 4.78 is 5.65. The Balaban J connectivity index is 1.87. The summed E-state index contributed by atoms with van der Waals surface area (Å²) >= 11 is 0. The molecule has 0 atom stereocenters. The number of aliphatic hydroxyl groups is 1. The first-order chi connectivity index (χ1) is 7.88. The van der Waals surface area contributed by atoms with Gasteiger partial charge in [-0.3, -0.25) is 0 Å². The lowest BCUT2D eigenvalue weighted by Gasteiger charge is -2.05. The number of rotatable bonds is 4. The second-order valence-corrected chi connectivity index (χ2v) is 4.07. The molecule has 0 amide bonds. The Morgan fingerprint density at radius 2 is 2.25 bits per heavy atom. The summed E-state index contributed by atoms with van der Waals surface area (Å²) in [6, 6.07) is 7.69. The first-order valence-electron chi connectivity index (χ1n) is 5.71. The van der Waals surface area contributed by atoms with Crippen molar-refractivity contribution in [3.8, 4) is 17.6 Å². The maximum Gasteiger partial charge on any atom is 0.120 e. The summed E-state index contributed by atoms with van der Waals surface area (Å²) in [6.45, 7) is 0.689. The predicted molar refractivity (Wildman–Crippen MR) is 63.2 cm³/mol. The van der Waals surface area contributed by atoms with E-state index in [1.807, 2.05) is 24.3 Å². The summed E-state index contributed by atoms with van der Waals surface area (Å²) in [4.78, 5) is 0. The monoisotopic (exact) mass is 216 g/mol. The molecular formula is C14H16O2. The summed E-state index contributed by atoms with van der Waals surface area (Å²) in [5, 5.41) is 8.60. The lowest BCUT2D eigenvalue weighted by Crippen LogP contribution is -1.98. The van der Waals surface area contributed by atoms with Gasteiger partial charge >= 0.3 is 0 Å². The molecule has 1 saturated carbocycles. The quantitative estimate of drug-likeness (QED) is 0.782. The maximum absolute atomic E-state index is 8.60. The van der Waals surface area contributed by atoms with Crippen molar-refractivity contribution >= 4 is 0 Å². The Kier molecular flexibility index (Phi) is 3.85. The fourth-order valence-electron chi connectivity index (χ4n) is 1.56. The third kappa shape index (κ3) is 3.60. The van der Waals surface area contributed by atoms with Crippen LogP contribution in [0, 0.1) is 17.8 Å². The van der Waals surface area contributed by atoms with Crippen LogP contribution in [0.1, 0.15) is 24.8 Å². The Morgan fingerprint density at radius 3 is 3.00 bits per heavy atom. The zero-order valence-corrected chi connectivity index (χ0v) is 9.28. The summed E-state index contributed by atoms with van der Waals surface area (Å²) in [6.07, 6.45) is 3.89. The van der Waals surface area contributed by atoms with E-state index in [1.165, 1.54) is 12.8 Å². The van der Waals surface area contributed by atoms with Crippen LogP contribution in [0.3, 0.4) is 0 Å². The molecule has 0 heterocycles. The highest BCUT2D eigenvalue weighted by Crippen LogP contribution is 2.32. The van der Waals surface area contributed by atoms with E-state index >= 15 is 0 Å². The van der Waals surface area contributed by atoms with Crippen LogP contribution in [0.5, 0.6) is 5.75 Å². The zero-order valence-electron chi connectivity index (χ0n) is 9.28. The smallest absolute Gasteiger partial charge is 0.120 e. The van der Waals surface area contributed by atoms with Crippen molar-refractivity contribution in [1.29, 1.82) is 0 Å². The highest BCUT2D eigenvalue weighted by molar-refractivity contribution is 5.39. The second kappa shape index (κ2) is 5.58. The van der Waals surface area contributed by atoms with Crippen molar-refractivity contribution in [2.24, 2.45) is 5.92 Å². The molecule has 2 nitrogen and oxygen atoms in total. The third-order valence-corrected chi connectivity index (χ3v) is 2.64. The molecule has 0 spiro atoms. The van der Waals surface area contributed by atoms with Crippen molar-refractivity contribution < 1.29 is 9.84 Å². The molecule has 0 aliphatic heterocycles. The van der Waals surface area contributed by atoms with Gasteiger partial charge in [-0.2, -0.15) is 0 Å². The number of benzene rings is 1. The molecule has 2 rings (SSSR count). The van der Waals surface area contributed by atoms with Crippen molar-refractivity contribution in [2.75, 3.05) is 13.2 Å². The minimum absolute atomic E-state index is 0.104. The predicted octanol–water partition coefficient (Wildman–Crippen LogP) is 2.21. The summed E-state index contributed by atoms with van der Waals surface area (Å²) in [7, 11) is 0. The van der Waals surface area contributed by atoms with Crippen LogP contribution in [0.15, 0.2) is 24.3 Å². The van der Waals surface area contributed by atoms with Crippen molar-refractivity contribution in [2.45, 2.75) is 19.3 Å². The van der Waals surface area contributed by atoms with Gasteiger partial charge in [-0.15, -0.1) is 0 Å². The van der Waals surface area contributed by atoms with E-state index in [0.717, 1.165) is 30.3 Å². The normalized spacial score (nSPS) is 14.1. The van der Waals surface area contributed by atoms with E-state index < -0.39 is 0 Å². The Labute approximate surface area is 96.3 Å². The van der Waals surface area contributed by atoms with Crippen molar-refractivity contribution in [3.63, 3.8) is 0 Å². The van der Waals surface area contributed by atoms with E-state index in [4.69, 9.17) is 9.84 Å². The number of hydrogen-bond donors (Lipinski definition) is 1. The van der Waals surface area contributed by atoms with Crippen LogP contribution >= 0.6 is 0 Å². The highest BCUT2D eigenvalue weighted by atomic mass is 16.5. The van der Waals surface area contributed by atoms with Gasteiger partial charge < -0.3 is 9.84 Å². The van der Waals surface area contributed by atoms with Gasteiger partial charge in [0.05, 0.1) is 6.61 Å². The standard InChI is InChI=1S/C14H16O2/c15-9-2-4-13-3-1-5-14(11-13)16-10-8-12-6-7-12/h1,3,5,11-12,15H,6-10H2. The number of hydrogen-bond acceptors (Lipinski definition) is 2. The maximum atomic E-state index is 8.60. The van der Waals surface area contributed by atoms with Gasteiger partial charge in [-0.25, -0.2) is 0 Å². The molecule has 0 bridgehead atoms. The van der Waals surface area contributed by atoms with E-state index in [2.05, 4.69) is 11.8 Å². The van der Waals surface area contributed by atoms with E-state index in [9.17, 15) is 0 Å². The lowest BCUT2D eigenvalue weighted by atomic mass is 10.2. The van der Waals surface area contributed by atoms with Gasteiger partial charge in [0, 0.05) is 5.56 Å². The van der Waals surface area contributed by atoms with E-state index in [-0.39, 0.29) is 6.61 Å². The molecule has 0 aromatic heterocycles. The van der Waals surface area contributed by atoms with E-state index in [1.54, 1.807) is 0 Å². The van der Waals surface area contributed by atoms with Crippen LogP contribution < -0.4 is 4.74 Å². The van der Waals surface area contributed by atoms with Crippen LogP contribution in [-0.4, -0.2) is 18.3 Å². The SMILES string of the molecule is OCC#Cc1cccc(OCCC2CC2)c1. The minimum atomic E-state index is -0.104. The molecule has 1 fully saturated rings. The molecular weight excluding hydrogens is 200 g/mol. The first-order valence-corrected chi connectivity index (χ1v) is 5.71. The molecule has 0 radical (unpaired) electrons. The molecule has 1 N–H and O–H groups in total. The van der Waals surface area contributed by atoms with Gasteiger partial charge in [0.1, 0.15) is 12.4 Å². The average Bonchev–Trinajstić information content (AvgIpc) is 3.11. The van der Waals surface area contributed by atoms with Crippen molar-refractivity contribution in [1.82, 2.24) is 0 Å². The highest BCUT2D eigenvalue weighted by Gasteiger charge is 2.20. The molecule has 0 unspecified atom stereocenters.